The maximum Gasteiger partial charge on any atom is 0.240 e. The summed E-state index contributed by atoms with van der Waals surface area (Å²) in [5.74, 6) is 0. The Hall–Kier alpha value is -1.11. The summed E-state index contributed by atoms with van der Waals surface area (Å²) >= 11 is 0. The molecule has 0 radical (unpaired) electrons. The Bertz CT molecular complexity index is 492. The highest BCUT2D eigenvalue weighted by atomic mass is 32.2. The fraction of sp³-hybridized carbons (Fsp3) is 0.500. The number of nitrogens with two attached hydrogens (primary N) is 1. The summed E-state index contributed by atoms with van der Waals surface area (Å²) in [7, 11) is -3.59. The lowest BCUT2D eigenvalue weighted by atomic mass is 10.2. The number of hydrogen-bond acceptors (Lipinski definition) is 4. The zero-order valence-electron chi connectivity index (χ0n) is 10.8. The molecule has 0 aliphatic carbocycles. The third-order valence-corrected chi connectivity index (χ3v) is 4.00. The normalized spacial score (nSPS) is 15.3. The van der Waals surface area contributed by atoms with Gasteiger partial charge in [0.05, 0.1) is 11.0 Å². The molecule has 0 aliphatic rings. The van der Waals surface area contributed by atoms with Gasteiger partial charge in [-0.1, -0.05) is 0 Å². The highest BCUT2D eigenvalue weighted by Crippen LogP contribution is 2.16. The Kier molecular flexibility index (Phi) is 4.72. The van der Waals surface area contributed by atoms with Crippen LogP contribution in [0, 0.1) is 6.92 Å². The first-order chi connectivity index (χ1) is 8.20. The van der Waals surface area contributed by atoms with E-state index in [0.717, 1.165) is 5.56 Å². The van der Waals surface area contributed by atoms with Crippen molar-refractivity contribution in [3.05, 3.63) is 23.8 Å². The van der Waals surface area contributed by atoms with Crippen LogP contribution in [0.25, 0.3) is 0 Å². The van der Waals surface area contributed by atoms with Gasteiger partial charge in [-0.05, 0) is 51.0 Å². The molecule has 102 valence electrons. The van der Waals surface area contributed by atoms with Gasteiger partial charge in [0.2, 0.25) is 10.0 Å². The van der Waals surface area contributed by atoms with Gasteiger partial charge in [-0.15, -0.1) is 0 Å². The number of aliphatic hydroxyl groups is 1. The molecule has 0 fully saturated rings. The SMILES string of the molecule is Cc1cc(N)cc(S(=O)(=O)NC(C)CC(C)O)c1. The van der Waals surface area contributed by atoms with Gasteiger partial charge >= 0.3 is 0 Å². The Morgan fingerprint density at radius 3 is 2.44 bits per heavy atom. The zero-order chi connectivity index (χ0) is 13.9. The highest BCUT2D eigenvalue weighted by Gasteiger charge is 2.18. The summed E-state index contributed by atoms with van der Waals surface area (Å²) in [4.78, 5) is 0.150. The summed E-state index contributed by atoms with van der Waals surface area (Å²) in [5, 5.41) is 9.22. The van der Waals surface area contributed by atoms with Gasteiger partial charge in [0.1, 0.15) is 0 Å². The van der Waals surface area contributed by atoms with E-state index in [1.807, 2.05) is 0 Å². The molecule has 18 heavy (non-hydrogen) atoms. The molecule has 1 aromatic rings. The van der Waals surface area contributed by atoms with Crippen LogP contribution in [0.5, 0.6) is 0 Å². The van der Waals surface area contributed by atoms with Gasteiger partial charge in [-0.25, -0.2) is 13.1 Å². The monoisotopic (exact) mass is 272 g/mol. The quantitative estimate of drug-likeness (QED) is 0.698. The second-order valence-electron chi connectivity index (χ2n) is 4.69. The fourth-order valence-corrected chi connectivity index (χ4v) is 3.22. The highest BCUT2D eigenvalue weighted by molar-refractivity contribution is 7.89. The van der Waals surface area contributed by atoms with E-state index in [1.54, 1.807) is 32.9 Å². The largest absolute Gasteiger partial charge is 0.399 e. The van der Waals surface area contributed by atoms with Crippen LogP contribution in [0.15, 0.2) is 23.1 Å². The minimum atomic E-state index is -3.59. The minimum Gasteiger partial charge on any atom is -0.399 e. The first kappa shape index (κ1) is 14.9. The van der Waals surface area contributed by atoms with Crippen molar-refractivity contribution in [2.24, 2.45) is 0 Å². The van der Waals surface area contributed by atoms with Crippen LogP contribution in [-0.4, -0.2) is 25.7 Å². The summed E-state index contributed by atoms with van der Waals surface area (Å²) in [5.41, 5.74) is 6.84. The van der Waals surface area contributed by atoms with E-state index in [9.17, 15) is 13.5 Å². The Morgan fingerprint density at radius 1 is 1.33 bits per heavy atom. The molecule has 1 aromatic carbocycles. The van der Waals surface area contributed by atoms with Crippen molar-refractivity contribution in [3.63, 3.8) is 0 Å². The topological polar surface area (TPSA) is 92.4 Å². The van der Waals surface area contributed by atoms with E-state index in [0.29, 0.717) is 12.1 Å². The van der Waals surface area contributed by atoms with E-state index in [-0.39, 0.29) is 10.9 Å². The number of anilines is 1. The first-order valence-corrected chi connectivity index (χ1v) is 7.26. The molecule has 0 spiro atoms. The molecule has 2 atom stereocenters. The number of aliphatic hydroxyl groups excluding tert-OH is 1. The van der Waals surface area contributed by atoms with Crippen LogP contribution in [0.4, 0.5) is 5.69 Å². The molecule has 0 saturated carbocycles. The van der Waals surface area contributed by atoms with Crippen LogP contribution in [0.1, 0.15) is 25.8 Å². The summed E-state index contributed by atoms with van der Waals surface area (Å²) in [6, 6.07) is 4.35. The van der Waals surface area contributed by atoms with Crippen LogP contribution < -0.4 is 10.5 Å². The first-order valence-electron chi connectivity index (χ1n) is 5.78. The zero-order valence-corrected chi connectivity index (χ0v) is 11.7. The maximum absolute atomic E-state index is 12.1. The van der Waals surface area contributed by atoms with Crippen LogP contribution in [0.2, 0.25) is 0 Å². The fourth-order valence-electron chi connectivity index (χ4n) is 1.82. The number of nitrogen functional groups attached to an aromatic ring is 1. The number of sulfonamides is 1. The number of hydrogen-bond donors (Lipinski definition) is 3. The summed E-state index contributed by atoms with van der Waals surface area (Å²) < 4.78 is 26.7. The Labute approximate surface area is 108 Å². The van der Waals surface area contributed by atoms with Crippen molar-refractivity contribution >= 4 is 15.7 Å². The molecular formula is C12H20N2O3S. The molecule has 0 aromatic heterocycles. The lowest BCUT2D eigenvalue weighted by Gasteiger charge is -2.16. The lowest BCUT2D eigenvalue weighted by Crippen LogP contribution is -2.34. The second kappa shape index (κ2) is 5.69. The molecule has 0 aliphatic heterocycles. The smallest absolute Gasteiger partial charge is 0.240 e. The molecule has 5 nitrogen and oxygen atoms in total. The lowest BCUT2D eigenvalue weighted by molar-refractivity contribution is 0.175. The Morgan fingerprint density at radius 2 is 1.94 bits per heavy atom. The van der Waals surface area contributed by atoms with Gasteiger partial charge in [-0.3, -0.25) is 0 Å². The molecule has 1 rings (SSSR count). The average molecular weight is 272 g/mol. The summed E-state index contributed by atoms with van der Waals surface area (Å²) in [6.07, 6.45) is -0.189. The number of benzene rings is 1. The van der Waals surface area contributed by atoms with Crippen molar-refractivity contribution < 1.29 is 13.5 Å². The molecule has 0 saturated heterocycles. The molecule has 4 N–H and O–H groups in total. The van der Waals surface area contributed by atoms with Gasteiger partial charge in [-0.2, -0.15) is 0 Å². The molecule has 0 bridgehead atoms. The van der Waals surface area contributed by atoms with E-state index in [4.69, 9.17) is 5.73 Å². The van der Waals surface area contributed by atoms with E-state index in [2.05, 4.69) is 4.72 Å². The van der Waals surface area contributed by atoms with Crippen molar-refractivity contribution in [3.8, 4) is 0 Å². The third kappa shape index (κ3) is 4.29. The number of nitrogens with one attached hydrogen (secondary N) is 1. The van der Waals surface area contributed by atoms with Crippen LogP contribution in [-0.2, 0) is 10.0 Å². The van der Waals surface area contributed by atoms with Crippen molar-refractivity contribution in [2.45, 2.75) is 44.2 Å². The number of rotatable bonds is 5. The predicted octanol–water partition coefficient (Wildman–Crippen LogP) is 1.01. The van der Waals surface area contributed by atoms with Crippen molar-refractivity contribution in [2.75, 3.05) is 5.73 Å². The van der Waals surface area contributed by atoms with Crippen LogP contribution in [0.3, 0.4) is 0 Å². The maximum atomic E-state index is 12.1. The van der Waals surface area contributed by atoms with Gasteiger partial charge < -0.3 is 10.8 Å². The Balaban J connectivity index is 2.92. The van der Waals surface area contributed by atoms with Crippen LogP contribution >= 0.6 is 0 Å². The summed E-state index contributed by atoms with van der Waals surface area (Å²) in [6.45, 7) is 5.12. The molecule has 0 heterocycles. The van der Waals surface area contributed by atoms with Gasteiger partial charge in [0.25, 0.3) is 0 Å². The molecule has 6 heteroatoms. The van der Waals surface area contributed by atoms with Gasteiger partial charge in [0.15, 0.2) is 0 Å². The molecule has 2 unspecified atom stereocenters. The second-order valence-corrected chi connectivity index (χ2v) is 6.40. The predicted molar refractivity (Wildman–Crippen MR) is 71.7 cm³/mol. The molecule has 0 amide bonds. The van der Waals surface area contributed by atoms with Gasteiger partial charge in [0, 0.05) is 11.7 Å². The van der Waals surface area contributed by atoms with Crippen molar-refractivity contribution in [1.82, 2.24) is 4.72 Å². The van der Waals surface area contributed by atoms with E-state index < -0.39 is 16.1 Å². The van der Waals surface area contributed by atoms with E-state index in [1.165, 1.54) is 6.07 Å². The standard InChI is InChI=1S/C12H20N2O3S/c1-8-4-11(13)7-12(5-8)18(16,17)14-9(2)6-10(3)15/h4-5,7,9-10,14-15H,6,13H2,1-3H3. The minimum absolute atomic E-state index is 0.150. The van der Waals surface area contributed by atoms with Crippen molar-refractivity contribution in [1.29, 1.82) is 0 Å². The number of aryl methyl sites for hydroxylation is 1. The third-order valence-electron chi connectivity index (χ3n) is 2.43. The molecular weight excluding hydrogens is 252 g/mol. The van der Waals surface area contributed by atoms with E-state index >= 15 is 0 Å². The average Bonchev–Trinajstić information content (AvgIpc) is 2.13.